The van der Waals surface area contributed by atoms with E-state index in [9.17, 15) is 14.4 Å². The number of amides is 3. The van der Waals surface area contributed by atoms with Crippen molar-refractivity contribution in [2.24, 2.45) is 0 Å². The van der Waals surface area contributed by atoms with Crippen molar-refractivity contribution in [1.29, 1.82) is 0 Å². The van der Waals surface area contributed by atoms with Gasteiger partial charge in [0.2, 0.25) is 11.7 Å². The first kappa shape index (κ1) is 19.6. The molecule has 0 aliphatic carbocycles. The van der Waals surface area contributed by atoms with Gasteiger partial charge in [-0.3, -0.25) is 25.2 Å². The number of fused-ring (bicyclic) bond motifs is 1. The Hall–Kier alpha value is -3.73. The van der Waals surface area contributed by atoms with Crippen LogP contribution in [0.4, 0.5) is 5.69 Å². The lowest BCUT2D eigenvalue weighted by Gasteiger charge is -2.21. The number of nitrogens with zero attached hydrogens (tertiary/aromatic N) is 4. The third-order valence-electron chi connectivity index (χ3n) is 4.26. The van der Waals surface area contributed by atoms with Crippen LogP contribution in [0.2, 0.25) is 0 Å². The Morgan fingerprint density at radius 3 is 2.77 bits per heavy atom. The molecule has 30 heavy (non-hydrogen) atoms. The second kappa shape index (κ2) is 8.33. The standard InChI is InChI=1S/C19H17N7O3S/c1-11-18(28)20-14-9-13(7-8-15(14)30-11)19(29)23-21-16(27)10-26-24-17(22-25-26)12-5-3-2-4-6-12/h2-9,11H,10H2,1H3,(H,20,28)(H,21,27)(H,23,29)/t11-/m1/s1. The molecule has 0 radical (unpaired) electrons. The minimum atomic E-state index is -0.518. The van der Waals surface area contributed by atoms with Gasteiger partial charge in [-0.2, -0.15) is 4.80 Å². The molecule has 0 fully saturated rings. The molecule has 0 unspecified atom stereocenters. The van der Waals surface area contributed by atoms with Crippen LogP contribution >= 0.6 is 11.8 Å². The Bertz CT molecular complexity index is 1120. The van der Waals surface area contributed by atoms with Gasteiger partial charge in [-0.25, -0.2) is 0 Å². The molecular weight excluding hydrogens is 406 g/mol. The van der Waals surface area contributed by atoms with Crippen LogP contribution in [0, 0.1) is 0 Å². The molecule has 152 valence electrons. The van der Waals surface area contributed by atoms with E-state index in [4.69, 9.17) is 0 Å². The van der Waals surface area contributed by atoms with E-state index in [0.29, 0.717) is 17.1 Å². The van der Waals surface area contributed by atoms with Gasteiger partial charge < -0.3 is 5.32 Å². The fourth-order valence-electron chi connectivity index (χ4n) is 2.73. The summed E-state index contributed by atoms with van der Waals surface area (Å²) in [5.41, 5.74) is 6.31. The van der Waals surface area contributed by atoms with Crippen molar-refractivity contribution in [2.75, 3.05) is 5.32 Å². The molecule has 11 heteroatoms. The Morgan fingerprint density at radius 1 is 1.17 bits per heavy atom. The Labute approximate surface area is 175 Å². The third-order valence-corrected chi connectivity index (χ3v) is 5.44. The molecule has 0 bridgehead atoms. The van der Waals surface area contributed by atoms with E-state index in [2.05, 4.69) is 31.6 Å². The normalized spacial score (nSPS) is 15.1. The molecular formula is C19H17N7O3S. The number of carbonyl (C=O) groups excluding carboxylic acids is 3. The molecule has 1 aromatic heterocycles. The fraction of sp³-hybridized carbons (Fsp3) is 0.158. The number of thioether (sulfide) groups is 1. The summed E-state index contributed by atoms with van der Waals surface area (Å²) in [5, 5.41) is 14.5. The van der Waals surface area contributed by atoms with Crippen molar-refractivity contribution >= 4 is 35.2 Å². The number of carbonyl (C=O) groups is 3. The first-order valence-electron chi connectivity index (χ1n) is 9.03. The molecule has 10 nitrogen and oxygen atoms in total. The first-order valence-corrected chi connectivity index (χ1v) is 9.91. The summed E-state index contributed by atoms with van der Waals surface area (Å²) in [6.45, 7) is 1.60. The fourth-order valence-corrected chi connectivity index (χ4v) is 3.66. The lowest BCUT2D eigenvalue weighted by atomic mass is 10.2. The first-order chi connectivity index (χ1) is 14.5. The maximum absolute atomic E-state index is 12.3. The highest BCUT2D eigenvalue weighted by atomic mass is 32.2. The zero-order chi connectivity index (χ0) is 21.1. The van der Waals surface area contributed by atoms with E-state index < -0.39 is 11.8 Å². The smallest absolute Gasteiger partial charge is 0.269 e. The van der Waals surface area contributed by atoms with Gasteiger partial charge in [0.05, 0.1) is 10.9 Å². The molecule has 1 atom stereocenters. The van der Waals surface area contributed by atoms with Crippen LogP contribution in [0.15, 0.2) is 53.4 Å². The zero-order valence-electron chi connectivity index (χ0n) is 15.8. The lowest BCUT2D eigenvalue weighted by Crippen LogP contribution is -2.43. The van der Waals surface area contributed by atoms with Crippen LogP contribution in [0.5, 0.6) is 0 Å². The molecule has 4 rings (SSSR count). The van der Waals surface area contributed by atoms with E-state index in [1.165, 1.54) is 11.8 Å². The highest BCUT2D eigenvalue weighted by Crippen LogP contribution is 2.35. The van der Waals surface area contributed by atoms with E-state index in [0.717, 1.165) is 15.3 Å². The topological polar surface area (TPSA) is 131 Å². The minimum Gasteiger partial charge on any atom is -0.324 e. The summed E-state index contributed by atoms with van der Waals surface area (Å²) >= 11 is 1.42. The number of hydrogen-bond acceptors (Lipinski definition) is 7. The van der Waals surface area contributed by atoms with E-state index in [-0.39, 0.29) is 17.7 Å². The van der Waals surface area contributed by atoms with Crippen LogP contribution < -0.4 is 16.2 Å². The van der Waals surface area contributed by atoms with Gasteiger partial charge in [0.1, 0.15) is 6.54 Å². The summed E-state index contributed by atoms with van der Waals surface area (Å²) in [7, 11) is 0. The predicted molar refractivity (Wildman–Crippen MR) is 109 cm³/mol. The third kappa shape index (κ3) is 4.30. The van der Waals surface area contributed by atoms with Crippen LogP contribution in [0.25, 0.3) is 11.4 Å². The second-order valence-electron chi connectivity index (χ2n) is 6.47. The van der Waals surface area contributed by atoms with Crippen molar-refractivity contribution in [3.63, 3.8) is 0 Å². The monoisotopic (exact) mass is 423 g/mol. The number of hydrogen-bond donors (Lipinski definition) is 3. The predicted octanol–water partition coefficient (Wildman–Crippen LogP) is 1.23. The van der Waals surface area contributed by atoms with Crippen LogP contribution in [0.3, 0.4) is 0 Å². The van der Waals surface area contributed by atoms with Gasteiger partial charge in [-0.05, 0) is 30.3 Å². The molecule has 0 spiro atoms. The summed E-state index contributed by atoms with van der Waals surface area (Å²) in [5.74, 6) is -0.749. The van der Waals surface area contributed by atoms with E-state index in [1.807, 2.05) is 37.3 Å². The molecule has 0 saturated heterocycles. The molecule has 2 heterocycles. The van der Waals surface area contributed by atoms with Gasteiger partial charge in [0.25, 0.3) is 11.8 Å². The van der Waals surface area contributed by atoms with Gasteiger partial charge >= 0.3 is 0 Å². The molecule has 1 aliphatic heterocycles. The SMILES string of the molecule is C[C@H]1Sc2ccc(C(=O)NNC(=O)Cn3nnc(-c4ccccc4)n3)cc2NC1=O. The summed E-state index contributed by atoms with van der Waals surface area (Å²) < 4.78 is 0. The van der Waals surface area contributed by atoms with Gasteiger partial charge in [-0.15, -0.1) is 22.0 Å². The minimum absolute atomic E-state index is 0.117. The van der Waals surface area contributed by atoms with Crippen molar-refractivity contribution in [2.45, 2.75) is 23.6 Å². The van der Waals surface area contributed by atoms with Gasteiger partial charge in [-0.1, -0.05) is 30.3 Å². The van der Waals surface area contributed by atoms with Crippen molar-refractivity contribution in [3.05, 3.63) is 54.1 Å². The number of aromatic nitrogens is 4. The lowest BCUT2D eigenvalue weighted by molar-refractivity contribution is -0.122. The number of tetrazole rings is 1. The largest absolute Gasteiger partial charge is 0.324 e. The molecule has 3 amide bonds. The Morgan fingerprint density at radius 2 is 1.97 bits per heavy atom. The Balaban J connectivity index is 1.33. The maximum Gasteiger partial charge on any atom is 0.269 e. The van der Waals surface area contributed by atoms with E-state index in [1.54, 1.807) is 18.2 Å². The van der Waals surface area contributed by atoms with Crippen LogP contribution in [-0.4, -0.2) is 43.2 Å². The quantitative estimate of drug-likeness (QED) is 0.538. The van der Waals surface area contributed by atoms with Crippen molar-refractivity contribution < 1.29 is 14.4 Å². The van der Waals surface area contributed by atoms with Crippen LogP contribution in [-0.2, 0) is 16.1 Å². The Kier molecular flexibility index (Phi) is 5.44. The number of hydrazine groups is 1. The summed E-state index contributed by atoms with van der Waals surface area (Å²) in [6.07, 6.45) is 0. The van der Waals surface area contributed by atoms with Gasteiger partial charge in [0.15, 0.2) is 0 Å². The average molecular weight is 423 g/mol. The van der Waals surface area contributed by atoms with Gasteiger partial charge in [0, 0.05) is 16.0 Å². The average Bonchev–Trinajstić information content (AvgIpc) is 3.21. The number of anilines is 1. The maximum atomic E-state index is 12.3. The summed E-state index contributed by atoms with van der Waals surface area (Å²) in [4.78, 5) is 38.2. The number of rotatable bonds is 4. The molecule has 3 aromatic rings. The van der Waals surface area contributed by atoms with Crippen molar-refractivity contribution in [1.82, 2.24) is 31.1 Å². The van der Waals surface area contributed by atoms with Crippen LogP contribution in [0.1, 0.15) is 17.3 Å². The highest BCUT2D eigenvalue weighted by molar-refractivity contribution is 8.00. The zero-order valence-corrected chi connectivity index (χ0v) is 16.6. The molecule has 2 aromatic carbocycles. The van der Waals surface area contributed by atoms with E-state index >= 15 is 0 Å². The highest BCUT2D eigenvalue weighted by Gasteiger charge is 2.23. The molecule has 0 saturated carbocycles. The second-order valence-corrected chi connectivity index (χ2v) is 7.85. The number of nitrogens with one attached hydrogen (secondary N) is 3. The molecule has 3 N–H and O–H groups in total. The number of benzene rings is 2. The van der Waals surface area contributed by atoms with Crippen molar-refractivity contribution in [3.8, 4) is 11.4 Å². The molecule has 1 aliphatic rings. The summed E-state index contributed by atoms with van der Waals surface area (Å²) in [6, 6.07) is 14.2.